The summed E-state index contributed by atoms with van der Waals surface area (Å²) in [4.78, 5) is 6.63. The highest BCUT2D eigenvalue weighted by Gasteiger charge is 2.05. The lowest BCUT2D eigenvalue weighted by Gasteiger charge is -2.21. The van der Waals surface area contributed by atoms with Crippen molar-refractivity contribution in [3.05, 3.63) is 12.7 Å². The number of guanidine groups is 1. The second kappa shape index (κ2) is 14.1. The Hall–Kier alpha value is -0.300. The van der Waals surface area contributed by atoms with E-state index in [9.17, 15) is 0 Å². The maximum Gasteiger partial charge on any atom is 0.191 e. The highest BCUT2D eigenvalue weighted by atomic mass is 127. The van der Waals surface area contributed by atoms with Gasteiger partial charge in [-0.2, -0.15) is 0 Å². The van der Waals surface area contributed by atoms with Crippen LogP contribution in [-0.2, 0) is 0 Å². The molecule has 0 aliphatic carbocycles. The van der Waals surface area contributed by atoms with Crippen LogP contribution >= 0.6 is 24.0 Å². The zero-order valence-electron chi connectivity index (χ0n) is 12.9. The zero-order chi connectivity index (χ0) is 13.8. The molecule has 0 saturated carbocycles. The molecule has 0 aromatic rings. The predicted molar refractivity (Wildman–Crippen MR) is 96.6 cm³/mol. The average molecular weight is 382 g/mol. The predicted octanol–water partition coefficient (Wildman–Crippen LogP) is 2.47. The molecule has 19 heavy (non-hydrogen) atoms. The Kier molecular flexibility index (Phi) is 15.6. The van der Waals surface area contributed by atoms with Crippen molar-refractivity contribution in [2.24, 2.45) is 4.99 Å². The fourth-order valence-corrected chi connectivity index (χ4v) is 1.83. The summed E-state index contributed by atoms with van der Waals surface area (Å²) in [6, 6.07) is 0.441. The van der Waals surface area contributed by atoms with E-state index in [-0.39, 0.29) is 24.0 Å². The second-order valence-corrected chi connectivity index (χ2v) is 4.46. The maximum atomic E-state index is 4.18. The lowest BCUT2D eigenvalue weighted by molar-refractivity contribution is 0.292. The molecular weight excluding hydrogens is 351 g/mol. The second-order valence-electron chi connectivity index (χ2n) is 4.46. The summed E-state index contributed by atoms with van der Waals surface area (Å²) in [5, 5.41) is 6.57. The van der Waals surface area contributed by atoms with E-state index in [1.165, 1.54) is 13.0 Å². The van der Waals surface area contributed by atoms with Gasteiger partial charge in [0, 0.05) is 19.6 Å². The summed E-state index contributed by atoms with van der Waals surface area (Å²) >= 11 is 0. The van der Waals surface area contributed by atoms with E-state index >= 15 is 0 Å². The first-order valence-corrected chi connectivity index (χ1v) is 6.98. The normalized spacial score (nSPS) is 12.8. The van der Waals surface area contributed by atoms with Crippen LogP contribution < -0.4 is 10.6 Å². The summed E-state index contributed by atoms with van der Waals surface area (Å²) < 4.78 is 0. The Morgan fingerprint density at radius 3 is 2.47 bits per heavy atom. The third-order valence-corrected chi connectivity index (χ3v) is 3.03. The molecule has 0 aromatic carbocycles. The van der Waals surface area contributed by atoms with Crippen molar-refractivity contribution in [2.75, 3.05) is 33.2 Å². The molecule has 0 amide bonds. The van der Waals surface area contributed by atoms with Gasteiger partial charge in [-0.05, 0) is 39.4 Å². The fourth-order valence-electron chi connectivity index (χ4n) is 1.83. The number of rotatable bonds is 9. The van der Waals surface area contributed by atoms with Crippen LogP contribution in [0.4, 0.5) is 0 Å². The molecular formula is C14H31IN4. The maximum absolute atomic E-state index is 4.18. The molecule has 5 heteroatoms. The van der Waals surface area contributed by atoms with Crippen molar-refractivity contribution in [3.8, 4) is 0 Å². The highest BCUT2D eigenvalue weighted by Crippen LogP contribution is 1.99. The van der Waals surface area contributed by atoms with Crippen LogP contribution in [0.15, 0.2) is 17.6 Å². The fraction of sp³-hybridized carbons (Fsp3) is 0.786. The van der Waals surface area contributed by atoms with Gasteiger partial charge in [0.25, 0.3) is 0 Å². The molecule has 0 aliphatic rings. The van der Waals surface area contributed by atoms with Crippen molar-refractivity contribution < 1.29 is 0 Å². The van der Waals surface area contributed by atoms with Gasteiger partial charge >= 0.3 is 0 Å². The molecule has 2 N–H and O–H groups in total. The van der Waals surface area contributed by atoms with Gasteiger partial charge in [0.15, 0.2) is 5.96 Å². The van der Waals surface area contributed by atoms with E-state index in [1.807, 2.05) is 6.08 Å². The van der Waals surface area contributed by atoms with Crippen LogP contribution in [-0.4, -0.2) is 50.1 Å². The van der Waals surface area contributed by atoms with Crippen molar-refractivity contribution >= 4 is 29.9 Å². The van der Waals surface area contributed by atoms with E-state index in [4.69, 9.17) is 0 Å². The van der Waals surface area contributed by atoms with E-state index in [1.54, 1.807) is 7.05 Å². The number of hydrogen-bond donors (Lipinski definition) is 2. The van der Waals surface area contributed by atoms with Crippen molar-refractivity contribution in [1.29, 1.82) is 0 Å². The molecule has 1 atom stereocenters. The van der Waals surface area contributed by atoms with Gasteiger partial charge in [0.05, 0.1) is 0 Å². The number of nitrogens with zero attached hydrogens (tertiary/aromatic N) is 2. The summed E-state index contributed by atoms with van der Waals surface area (Å²) in [6.07, 6.45) is 4.21. The van der Waals surface area contributed by atoms with E-state index < -0.39 is 0 Å². The molecule has 0 saturated heterocycles. The molecule has 0 aromatic heterocycles. The monoisotopic (exact) mass is 382 g/mol. The first-order valence-electron chi connectivity index (χ1n) is 6.98. The van der Waals surface area contributed by atoms with E-state index in [0.717, 1.165) is 32.0 Å². The van der Waals surface area contributed by atoms with Gasteiger partial charge < -0.3 is 15.5 Å². The van der Waals surface area contributed by atoms with E-state index in [2.05, 4.69) is 47.9 Å². The largest absolute Gasteiger partial charge is 0.354 e. The first kappa shape index (κ1) is 21.0. The minimum absolute atomic E-state index is 0. The summed E-state index contributed by atoms with van der Waals surface area (Å²) in [7, 11) is 1.79. The Balaban J connectivity index is 0. The Morgan fingerprint density at radius 1 is 1.37 bits per heavy atom. The summed E-state index contributed by atoms with van der Waals surface area (Å²) in [6.45, 7) is 14.5. The lowest BCUT2D eigenvalue weighted by atomic mass is 10.2. The van der Waals surface area contributed by atoms with Crippen LogP contribution in [0.25, 0.3) is 0 Å². The quantitative estimate of drug-likeness (QED) is 0.279. The molecule has 0 radical (unpaired) electrons. The average Bonchev–Trinajstić information content (AvgIpc) is 2.39. The van der Waals surface area contributed by atoms with Crippen LogP contribution in [0.3, 0.4) is 0 Å². The molecule has 1 unspecified atom stereocenters. The van der Waals surface area contributed by atoms with Gasteiger partial charge in [-0.15, -0.1) is 30.6 Å². The van der Waals surface area contributed by atoms with Gasteiger partial charge in [-0.3, -0.25) is 4.99 Å². The third kappa shape index (κ3) is 11.2. The van der Waals surface area contributed by atoms with Gasteiger partial charge in [0.1, 0.15) is 0 Å². The smallest absolute Gasteiger partial charge is 0.191 e. The molecule has 0 rings (SSSR count). The van der Waals surface area contributed by atoms with Crippen LogP contribution in [0.5, 0.6) is 0 Å². The summed E-state index contributed by atoms with van der Waals surface area (Å²) in [5.74, 6) is 0.852. The van der Waals surface area contributed by atoms with Gasteiger partial charge in [-0.1, -0.05) is 19.9 Å². The third-order valence-electron chi connectivity index (χ3n) is 3.03. The Labute approximate surface area is 136 Å². The topological polar surface area (TPSA) is 39.7 Å². The Morgan fingerprint density at radius 2 is 2.00 bits per heavy atom. The number of halogens is 1. The zero-order valence-corrected chi connectivity index (χ0v) is 15.2. The SMILES string of the molecule is C=CCNC(=NC)NC(C)CCCN(CC)CC.I. The van der Waals surface area contributed by atoms with Crippen LogP contribution in [0.1, 0.15) is 33.6 Å². The minimum Gasteiger partial charge on any atom is -0.354 e. The van der Waals surface area contributed by atoms with Gasteiger partial charge in [0.2, 0.25) is 0 Å². The number of aliphatic imine (C=N–C) groups is 1. The van der Waals surface area contributed by atoms with Gasteiger partial charge in [-0.25, -0.2) is 0 Å². The van der Waals surface area contributed by atoms with E-state index in [0.29, 0.717) is 6.04 Å². The van der Waals surface area contributed by atoms with Crippen LogP contribution in [0.2, 0.25) is 0 Å². The number of hydrogen-bond acceptors (Lipinski definition) is 2. The molecule has 0 aliphatic heterocycles. The molecule has 0 fully saturated rings. The molecule has 0 heterocycles. The minimum atomic E-state index is 0. The van der Waals surface area contributed by atoms with Crippen molar-refractivity contribution in [3.63, 3.8) is 0 Å². The molecule has 114 valence electrons. The summed E-state index contributed by atoms with van der Waals surface area (Å²) in [5.41, 5.74) is 0. The Bertz CT molecular complexity index is 240. The first-order chi connectivity index (χ1) is 8.67. The number of nitrogens with one attached hydrogen (secondary N) is 2. The molecule has 4 nitrogen and oxygen atoms in total. The highest BCUT2D eigenvalue weighted by molar-refractivity contribution is 14.0. The standard InChI is InChI=1S/C14H30N4.HI/c1-6-11-16-14(15-5)17-13(4)10-9-12-18(7-2)8-3;/h6,13H,1,7-12H2,2-5H3,(H2,15,16,17);1H. The molecule has 0 bridgehead atoms. The van der Waals surface area contributed by atoms with Crippen molar-refractivity contribution in [2.45, 2.75) is 39.7 Å². The lowest BCUT2D eigenvalue weighted by Crippen LogP contribution is -2.42. The van der Waals surface area contributed by atoms with Crippen molar-refractivity contribution in [1.82, 2.24) is 15.5 Å². The van der Waals surface area contributed by atoms with Crippen LogP contribution in [0, 0.1) is 0 Å². The molecule has 0 spiro atoms.